The molecule has 0 fully saturated rings. The van der Waals surface area contributed by atoms with E-state index in [-0.39, 0.29) is 0 Å². The van der Waals surface area contributed by atoms with E-state index in [0.29, 0.717) is 17.9 Å². The van der Waals surface area contributed by atoms with Crippen molar-refractivity contribution in [2.75, 3.05) is 6.54 Å². The Morgan fingerprint density at radius 2 is 1.81 bits per heavy atom. The highest BCUT2D eigenvalue weighted by Gasteiger charge is 2.33. The summed E-state index contributed by atoms with van der Waals surface area (Å²) in [5.74, 6) is 0. The zero-order valence-electron chi connectivity index (χ0n) is 14.7. The summed E-state index contributed by atoms with van der Waals surface area (Å²) in [6.45, 7) is 4.17. The third kappa shape index (κ3) is 2.73. The third-order valence-corrected chi connectivity index (χ3v) is 6.84. The first-order valence-electron chi connectivity index (χ1n) is 8.55. The number of fused-ring (bicyclic) bond motifs is 3. The van der Waals surface area contributed by atoms with Crippen molar-refractivity contribution < 1.29 is 8.42 Å². The summed E-state index contributed by atoms with van der Waals surface area (Å²) in [4.78, 5) is 0.297. The molecule has 1 aliphatic heterocycles. The van der Waals surface area contributed by atoms with Crippen LogP contribution in [0.15, 0.2) is 59.6 Å². The molecule has 6 nitrogen and oxygen atoms in total. The number of sulfonamides is 1. The second kappa shape index (κ2) is 6.34. The first-order chi connectivity index (χ1) is 12.5. The Kier molecular flexibility index (Phi) is 4.13. The zero-order valence-corrected chi connectivity index (χ0v) is 15.5. The maximum Gasteiger partial charge on any atom is 0.244 e. The molecule has 3 aromatic rings. The Hall–Kier alpha value is -2.51. The molecule has 0 saturated heterocycles. The lowest BCUT2D eigenvalue weighted by atomic mass is 10.0. The van der Waals surface area contributed by atoms with Gasteiger partial charge in [-0.05, 0) is 38.0 Å². The third-order valence-electron chi connectivity index (χ3n) is 4.87. The van der Waals surface area contributed by atoms with Crippen molar-refractivity contribution in [3.63, 3.8) is 0 Å². The van der Waals surface area contributed by atoms with Gasteiger partial charge in [-0.1, -0.05) is 47.2 Å². The van der Waals surface area contributed by atoms with Crippen LogP contribution in [0, 0.1) is 6.92 Å². The predicted octanol–water partition coefficient (Wildman–Crippen LogP) is 3.02. The van der Waals surface area contributed by atoms with Gasteiger partial charge in [0.1, 0.15) is 6.17 Å². The second-order valence-corrected chi connectivity index (χ2v) is 8.42. The van der Waals surface area contributed by atoms with Crippen LogP contribution in [0.4, 0.5) is 0 Å². The molecule has 0 aliphatic carbocycles. The Labute approximate surface area is 153 Å². The van der Waals surface area contributed by atoms with E-state index in [1.54, 1.807) is 23.0 Å². The van der Waals surface area contributed by atoms with E-state index >= 15 is 0 Å². The summed E-state index contributed by atoms with van der Waals surface area (Å²) >= 11 is 0. The SMILES string of the molecule is Cc1ccc(S(=O)(=O)N2CCc3ccccc3-c3cnnn3C2C)cc1. The topological polar surface area (TPSA) is 68.1 Å². The molecule has 1 aromatic heterocycles. The summed E-state index contributed by atoms with van der Waals surface area (Å²) in [5.41, 5.74) is 4.00. The van der Waals surface area contributed by atoms with Crippen LogP contribution in [0.25, 0.3) is 11.3 Å². The standard InChI is InChI=1S/C19H20N4O2S/c1-14-7-9-17(10-8-14)26(24,25)22-12-11-16-5-3-4-6-18(16)19-13-20-21-23(19)15(22)2/h3-10,13,15H,11-12H2,1-2H3. The lowest BCUT2D eigenvalue weighted by Crippen LogP contribution is -2.39. The van der Waals surface area contributed by atoms with Gasteiger partial charge in [0, 0.05) is 12.1 Å². The lowest BCUT2D eigenvalue weighted by Gasteiger charge is -2.31. The van der Waals surface area contributed by atoms with E-state index in [4.69, 9.17) is 0 Å². The minimum absolute atomic E-state index is 0.297. The second-order valence-electron chi connectivity index (χ2n) is 6.53. The molecule has 7 heteroatoms. The van der Waals surface area contributed by atoms with Crippen molar-refractivity contribution in [3.05, 3.63) is 65.9 Å². The highest BCUT2D eigenvalue weighted by molar-refractivity contribution is 7.89. The summed E-state index contributed by atoms with van der Waals surface area (Å²) in [6, 6.07) is 15.0. The largest absolute Gasteiger partial charge is 0.244 e. The van der Waals surface area contributed by atoms with Gasteiger partial charge in [0.25, 0.3) is 0 Å². The van der Waals surface area contributed by atoms with Crippen molar-refractivity contribution in [2.24, 2.45) is 0 Å². The average Bonchev–Trinajstić information content (AvgIpc) is 3.10. The molecule has 0 bridgehead atoms. The quantitative estimate of drug-likeness (QED) is 0.697. The van der Waals surface area contributed by atoms with Crippen LogP contribution < -0.4 is 0 Å². The summed E-state index contributed by atoms with van der Waals surface area (Å²) in [5, 5.41) is 8.20. The number of aromatic nitrogens is 3. The van der Waals surface area contributed by atoms with Gasteiger partial charge in [-0.15, -0.1) is 5.10 Å². The molecule has 0 amide bonds. The molecule has 134 valence electrons. The molecule has 4 rings (SSSR count). The molecule has 0 N–H and O–H groups in total. The van der Waals surface area contributed by atoms with Crippen molar-refractivity contribution in [1.29, 1.82) is 0 Å². The fraction of sp³-hybridized carbons (Fsp3) is 0.263. The maximum atomic E-state index is 13.3. The monoisotopic (exact) mass is 368 g/mol. The van der Waals surface area contributed by atoms with Crippen molar-refractivity contribution in [1.82, 2.24) is 19.3 Å². The lowest BCUT2D eigenvalue weighted by molar-refractivity contribution is 0.247. The highest BCUT2D eigenvalue weighted by atomic mass is 32.2. The summed E-state index contributed by atoms with van der Waals surface area (Å²) < 4.78 is 29.8. The predicted molar refractivity (Wildman–Crippen MR) is 98.9 cm³/mol. The first-order valence-corrected chi connectivity index (χ1v) is 9.99. The van der Waals surface area contributed by atoms with Gasteiger partial charge in [0.05, 0.1) is 16.8 Å². The number of hydrogen-bond donors (Lipinski definition) is 0. The maximum absolute atomic E-state index is 13.3. The number of benzene rings is 2. The fourth-order valence-electron chi connectivity index (χ4n) is 3.41. The Morgan fingerprint density at radius 3 is 2.58 bits per heavy atom. The van der Waals surface area contributed by atoms with Gasteiger partial charge >= 0.3 is 0 Å². The molecule has 0 spiro atoms. The van der Waals surface area contributed by atoms with Gasteiger partial charge in [-0.2, -0.15) is 4.31 Å². The van der Waals surface area contributed by atoms with Crippen molar-refractivity contribution >= 4 is 10.0 Å². The molecule has 1 atom stereocenters. The zero-order chi connectivity index (χ0) is 18.3. The number of hydrogen-bond acceptors (Lipinski definition) is 4. The molecular weight excluding hydrogens is 348 g/mol. The Balaban J connectivity index is 1.82. The average molecular weight is 368 g/mol. The number of nitrogens with zero attached hydrogens (tertiary/aromatic N) is 4. The van der Waals surface area contributed by atoms with Gasteiger partial charge in [0.15, 0.2) is 0 Å². The summed E-state index contributed by atoms with van der Waals surface area (Å²) in [7, 11) is -3.65. The number of aryl methyl sites for hydroxylation is 1. The number of rotatable bonds is 2. The summed E-state index contributed by atoms with van der Waals surface area (Å²) in [6.07, 6.45) is 1.86. The van der Waals surface area contributed by atoms with Crippen LogP contribution in [0.5, 0.6) is 0 Å². The van der Waals surface area contributed by atoms with E-state index in [2.05, 4.69) is 10.3 Å². The fourth-order valence-corrected chi connectivity index (χ4v) is 4.98. The van der Waals surface area contributed by atoms with E-state index in [9.17, 15) is 8.42 Å². The van der Waals surface area contributed by atoms with Gasteiger partial charge in [-0.3, -0.25) is 0 Å². The molecule has 2 aromatic carbocycles. The van der Waals surface area contributed by atoms with Gasteiger partial charge in [0.2, 0.25) is 10.0 Å². The van der Waals surface area contributed by atoms with Crippen LogP contribution in [0.1, 0.15) is 24.2 Å². The highest BCUT2D eigenvalue weighted by Crippen LogP contribution is 2.32. The van der Waals surface area contributed by atoms with Crippen LogP contribution in [0.3, 0.4) is 0 Å². The van der Waals surface area contributed by atoms with Crippen LogP contribution in [-0.2, 0) is 16.4 Å². The molecule has 1 unspecified atom stereocenters. The molecule has 2 heterocycles. The van der Waals surface area contributed by atoms with E-state index in [0.717, 1.165) is 22.4 Å². The van der Waals surface area contributed by atoms with E-state index < -0.39 is 16.2 Å². The van der Waals surface area contributed by atoms with Crippen LogP contribution >= 0.6 is 0 Å². The first kappa shape index (κ1) is 16.9. The van der Waals surface area contributed by atoms with Crippen molar-refractivity contribution in [3.8, 4) is 11.3 Å². The Bertz CT molecular complexity index is 1040. The Morgan fingerprint density at radius 1 is 1.08 bits per heavy atom. The minimum Gasteiger partial charge on any atom is -0.226 e. The van der Waals surface area contributed by atoms with Gasteiger partial charge < -0.3 is 0 Å². The van der Waals surface area contributed by atoms with Crippen LogP contribution in [-0.4, -0.2) is 34.3 Å². The molecular formula is C19H20N4O2S. The normalized spacial score (nSPS) is 17.8. The van der Waals surface area contributed by atoms with E-state index in [1.165, 1.54) is 4.31 Å². The van der Waals surface area contributed by atoms with E-state index in [1.807, 2.05) is 50.2 Å². The van der Waals surface area contributed by atoms with Crippen LogP contribution in [0.2, 0.25) is 0 Å². The smallest absolute Gasteiger partial charge is 0.226 e. The molecule has 0 saturated carbocycles. The molecule has 0 radical (unpaired) electrons. The minimum atomic E-state index is -3.65. The molecule has 26 heavy (non-hydrogen) atoms. The van der Waals surface area contributed by atoms with Gasteiger partial charge in [-0.25, -0.2) is 13.1 Å². The molecule has 1 aliphatic rings. The van der Waals surface area contributed by atoms with Crippen molar-refractivity contribution in [2.45, 2.75) is 31.3 Å².